The van der Waals surface area contributed by atoms with E-state index in [0.29, 0.717) is 33.2 Å². The Morgan fingerprint density at radius 2 is 2.00 bits per heavy atom. The van der Waals surface area contributed by atoms with Crippen LogP contribution in [0.4, 0.5) is 0 Å². The minimum atomic E-state index is -0.246. The molecule has 0 atom stereocenters. The fourth-order valence-electron chi connectivity index (χ4n) is 1.39. The molecule has 1 aromatic carbocycles. The lowest BCUT2D eigenvalue weighted by atomic mass is 10.2. The van der Waals surface area contributed by atoms with Crippen molar-refractivity contribution in [3.05, 3.63) is 38.4 Å². The maximum absolute atomic E-state index is 11.7. The van der Waals surface area contributed by atoms with Crippen LogP contribution in [0.15, 0.2) is 16.9 Å². The van der Waals surface area contributed by atoms with Crippen molar-refractivity contribution in [1.29, 1.82) is 0 Å². The van der Waals surface area contributed by atoms with Crippen LogP contribution in [0.3, 0.4) is 0 Å². The summed E-state index contributed by atoms with van der Waals surface area (Å²) < 4.78 is 0. The average Bonchev–Trinajstić information content (AvgIpc) is 2.23. The predicted molar refractivity (Wildman–Crippen MR) is 61.8 cm³/mol. The lowest BCUT2D eigenvalue weighted by Gasteiger charge is -2.03. The lowest BCUT2D eigenvalue weighted by molar-refractivity contribution is 0.944. The smallest absolute Gasteiger partial charge is 0.260 e. The molecule has 0 unspecified atom stereocenters. The van der Waals surface area contributed by atoms with Crippen LogP contribution < -0.4 is 5.56 Å². The molecule has 1 heterocycles. The molecule has 0 aliphatic carbocycles. The molecule has 0 amide bonds. The Hall–Kier alpha value is -1.06. The van der Waals surface area contributed by atoms with Gasteiger partial charge in [-0.25, -0.2) is 4.98 Å². The minimum absolute atomic E-state index is 0.246. The molecule has 0 radical (unpaired) electrons. The van der Waals surface area contributed by atoms with Gasteiger partial charge in [0.25, 0.3) is 5.56 Å². The highest BCUT2D eigenvalue weighted by atomic mass is 35.5. The van der Waals surface area contributed by atoms with Crippen molar-refractivity contribution >= 4 is 34.1 Å². The topological polar surface area (TPSA) is 45.8 Å². The van der Waals surface area contributed by atoms with Gasteiger partial charge in [0.2, 0.25) is 0 Å². The van der Waals surface area contributed by atoms with Crippen molar-refractivity contribution < 1.29 is 0 Å². The van der Waals surface area contributed by atoms with E-state index in [-0.39, 0.29) is 5.56 Å². The molecule has 0 fully saturated rings. The summed E-state index contributed by atoms with van der Waals surface area (Å²) in [5.41, 5.74) is 0.217. The number of H-pyrrole nitrogens is 1. The number of benzene rings is 1. The van der Waals surface area contributed by atoms with E-state index >= 15 is 0 Å². The van der Waals surface area contributed by atoms with Crippen LogP contribution in [-0.2, 0) is 6.42 Å². The Labute approximate surface area is 96.1 Å². The Kier molecular flexibility index (Phi) is 2.67. The van der Waals surface area contributed by atoms with Crippen LogP contribution in [-0.4, -0.2) is 9.97 Å². The third-order valence-electron chi connectivity index (χ3n) is 2.14. The number of halogens is 2. The zero-order chi connectivity index (χ0) is 11.0. The van der Waals surface area contributed by atoms with Crippen LogP contribution in [0.1, 0.15) is 12.7 Å². The van der Waals surface area contributed by atoms with Crippen LogP contribution in [0, 0.1) is 0 Å². The van der Waals surface area contributed by atoms with Gasteiger partial charge in [-0.15, -0.1) is 0 Å². The van der Waals surface area contributed by atoms with Crippen LogP contribution >= 0.6 is 23.2 Å². The Morgan fingerprint density at radius 1 is 1.33 bits per heavy atom. The molecule has 1 N–H and O–H groups in total. The average molecular weight is 243 g/mol. The summed E-state index contributed by atoms with van der Waals surface area (Å²) in [6, 6.07) is 3.23. The summed E-state index contributed by atoms with van der Waals surface area (Å²) in [6.45, 7) is 1.91. The van der Waals surface area contributed by atoms with Gasteiger partial charge in [0, 0.05) is 6.42 Å². The van der Waals surface area contributed by atoms with Gasteiger partial charge in [-0.05, 0) is 12.1 Å². The van der Waals surface area contributed by atoms with E-state index in [1.54, 1.807) is 12.1 Å². The Balaban J connectivity index is 2.97. The zero-order valence-corrected chi connectivity index (χ0v) is 9.49. The molecule has 0 aliphatic rings. The lowest BCUT2D eigenvalue weighted by Crippen LogP contribution is -2.11. The highest BCUT2D eigenvalue weighted by Gasteiger charge is 2.09. The largest absolute Gasteiger partial charge is 0.310 e. The molecule has 5 heteroatoms. The molecule has 0 aliphatic heterocycles. The second kappa shape index (κ2) is 3.83. The second-order valence-electron chi connectivity index (χ2n) is 3.12. The Bertz CT molecular complexity index is 577. The molecule has 2 rings (SSSR count). The molecule has 78 valence electrons. The van der Waals surface area contributed by atoms with Gasteiger partial charge in [-0.1, -0.05) is 30.1 Å². The number of hydrogen-bond acceptors (Lipinski definition) is 2. The first-order chi connectivity index (χ1) is 7.13. The maximum atomic E-state index is 11.7. The number of fused-ring (bicyclic) bond motifs is 1. The van der Waals surface area contributed by atoms with Gasteiger partial charge >= 0.3 is 0 Å². The van der Waals surface area contributed by atoms with Crippen LogP contribution in [0.5, 0.6) is 0 Å². The number of hydrogen-bond donors (Lipinski definition) is 1. The summed E-state index contributed by atoms with van der Waals surface area (Å²) in [6.07, 6.45) is 0.647. The summed E-state index contributed by atoms with van der Waals surface area (Å²) >= 11 is 11.9. The second-order valence-corrected chi connectivity index (χ2v) is 3.93. The fourth-order valence-corrected chi connectivity index (χ4v) is 1.83. The van der Waals surface area contributed by atoms with E-state index in [1.165, 1.54) is 0 Å². The molecule has 0 spiro atoms. The Morgan fingerprint density at radius 3 is 2.67 bits per heavy atom. The van der Waals surface area contributed by atoms with E-state index in [4.69, 9.17) is 23.2 Å². The van der Waals surface area contributed by atoms with E-state index in [2.05, 4.69) is 9.97 Å². The number of aryl methyl sites for hydroxylation is 1. The third kappa shape index (κ3) is 1.73. The molecule has 3 nitrogen and oxygen atoms in total. The van der Waals surface area contributed by atoms with Crippen LogP contribution in [0.2, 0.25) is 10.0 Å². The van der Waals surface area contributed by atoms with Gasteiger partial charge in [-0.3, -0.25) is 4.79 Å². The minimum Gasteiger partial charge on any atom is -0.310 e. The van der Waals surface area contributed by atoms with E-state index in [0.717, 1.165) is 0 Å². The van der Waals surface area contributed by atoms with Gasteiger partial charge < -0.3 is 4.98 Å². The molecule has 1 aromatic heterocycles. The molecular formula is C10H8Cl2N2O. The molecule has 0 saturated carbocycles. The molecule has 15 heavy (non-hydrogen) atoms. The first kappa shape index (κ1) is 10.5. The van der Waals surface area contributed by atoms with Crippen LogP contribution in [0.25, 0.3) is 10.9 Å². The van der Waals surface area contributed by atoms with Crippen molar-refractivity contribution in [1.82, 2.24) is 9.97 Å². The maximum Gasteiger partial charge on any atom is 0.260 e. The number of nitrogens with zero attached hydrogens (tertiary/aromatic N) is 1. The predicted octanol–water partition coefficient (Wildman–Crippen LogP) is 2.79. The SMILES string of the molecule is CCc1nc2c(Cl)ccc(Cl)c2c(=O)[nH]1. The summed E-state index contributed by atoms with van der Waals surface area (Å²) in [7, 11) is 0. The van der Waals surface area contributed by atoms with Crippen molar-refractivity contribution in [2.75, 3.05) is 0 Å². The summed E-state index contributed by atoms with van der Waals surface area (Å²) in [5, 5.41) is 1.15. The molecule has 2 aromatic rings. The summed E-state index contributed by atoms with van der Waals surface area (Å²) in [5.74, 6) is 0.608. The first-order valence-electron chi connectivity index (χ1n) is 4.50. The van der Waals surface area contributed by atoms with E-state index in [1.807, 2.05) is 6.92 Å². The van der Waals surface area contributed by atoms with Gasteiger partial charge in [-0.2, -0.15) is 0 Å². The van der Waals surface area contributed by atoms with Crippen molar-refractivity contribution in [2.24, 2.45) is 0 Å². The summed E-state index contributed by atoms with van der Waals surface area (Å²) in [4.78, 5) is 18.6. The number of nitrogens with one attached hydrogen (secondary N) is 1. The fraction of sp³-hybridized carbons (Fsp3) is 0.200. The zero-order valence-electron chi connectivity index (χ0n) is 7.97. The van der Waals surface area contributed by atoms with Gasteiger partial charge in [0.1, 0.15) is 5.82 Å². The van der Waals surface area contributed by atoms with Crippen molar-refractivity contribution in [3.8, 4) is 0 Å². The molecular weight excluding hydrogens is 235 g/mol. The quantitative estimate of drug-likeness (QED) is 0.836. The number of rotatable bonds is 1. The normalized spacial score (nSPS) is 10.9. The molecule has 0 saturated heterocycles. The van der Waals surface area contributed by atoms with Crippen molar-refractivity contribution in [3.63, 3.8) is 0 Å². The monoisotopic (exact) mass is 242 g/mol. The first-order valence-corrected chi connectivity index (χ1v) is 5.26. The third-order valence-corrected chi connectivity index (χ3v) is 2.76. The highest BCUT2D eigenvalue weighted by molar-refractivity contribution is 6.39. The van der Waals surface area contributed by atoms with Crippen molar-refractivity contribution in [2.45, 2.75) is 13.3 Å². The van der Waals surface area contributed by atoms with E-state index < -0.39 is 0 Å². The van der Waals surface area contributed by atoms with Gasteiger partial charge in [0.15, 0.2) is 0 Å². The highest BCUT2D eigenvalue weighted by Crippen LogP contribution is 2.25. The van der Waals surface area contributed by atoms with Gasteiger partial charge in [0.05, 0.1) is 20.9 Å². The van der Waals surface area contributed by atoms with E-state index in [9.17, 15) is 4.79 Å². The number of aromatic amines is 1. The number of aromatic nitrogens is 2. The molecule has 0 bridgehead atoms. The standard InChI is InChI=1S/C10H8Cl2N2O/c1-2-7-13-9-6(12)4-3-5(11)8(9)10(15)14-7/h3-4H,2H2,1H3,(H,13,14,15).